The molecule has 0 bridgehead atoms. The molecule has 1 N–H and O–H groups in total. The minimum absolute atomic E-state index is 0.241. The lowest BCUT2D eigenvalue weighted by molar-refractivity contribution is 0.627. The summed E-state index contributed by atoms with van der Waals surface area (Å²) in [7, 11) is 0. The van der Waals surface area contributed by atoms with Gasteiger partial charge < -0.3 is 5.32 Å². The molecule has 0 aliphatic heterocycles. The van der Waals surface area contributed by atoms with E-state index in [4.69, 9.17) is 6.57 Å². The molecule has 3 aromatic heterocycles. The quantitative estimate of drug-likeness (QED) is 0.356. The number of aryl methyl sites for hydroxylation is 1. The first kappa shape index (κ1) is 18.5. The van der Waals surface area contributed by atoms with E-state index >= 15 is 4.39 Å². The van der Waals surface area contributed by atoms with Crippen molar-refractivity contribution in [2.45, 2.75) is 12.8 Å². The Morgan fingerprint density at radius 1 is 1.00 bits per heavy atom. The number of hydrogen-bond donors (Lipinski definition) is 1. The Labute approximate surface area is 168 Å². The van der Waals surface area contributed by atoms with Crippen LogP contribution < -0.4 is 5.32 Å². The van der Waals surface area contributed by atoms with E-state index in [1.807, 2.05) is 36.4 Å². The monoisotopic (exact) mass is 383 g/mol. The minimum Gasteiger partial charge on any atom is -0.368 e. The Morgan fingerprint density at radius 2 is 1.93 bits per heavy atom. The van der Waals surface area contributed by atoms with Crippen molar-refractivity contribution in [1.29, 1.82) is 0 Å². The third kappa shape index (κ3) is 4.19. The number of fused-ring (bicyclic) bond motifs is 1. The van der Waals surface area contributed by atoms with Crippen molar-refractivity contribution in [3.63, 3.8) is 0 Å². The second-order valence-electron chi connectivity index (χ2n) is 6.58. The van der Waals surface area contributed by atoms with E-state index in [-0.39, 0.29) is 11.6 Å². The summed E-state index contributed by atoms with van der Waals surface area (Å²) in [5, 5.41) is 4.04. The van der Waals surface area contributed by atoms with Crippen LogP contribution in [0.15, 0.2) is 67.1 Å². The first-order chi connectivity index (χ1) is 14.2. The van der Waals surface area contributed by atoms with Crippen LogP contribution >= 0.6 is 0 Å². The fraction of sp³-hybridized carbons (Fsp3) is 0.130. The third-order valence-electron chi connectivity index (χ3n) is 4.64. The van der Waals surface area contributed by atoms with Gasteiger partial charge in [0.15, 0.2) is 11.6 Å². The molecule has 0 spiro atoms. The molecule has 0 fully saturated rings. The van der Waals surface area contributed by atoms with Crippen LogP contribution in [0.4, 0.5) is 15.9 Å². The molecule has 0 atom stereocenters. The van der Waals surface area contributed by atoms with Crippen LogP contribution in [0, 0.1) is 12.4 Å². The summed E-state index contributed by atoms with van der Waals surface area (Å²) in [6.45, 7) is 7.52. The maximum atomic E-state index is 15.0. The number of nitrogens with one attached hydrogen (secondary N) is 1. The molecule has 4 rings (SSSR count). The summed E-state index contributed by atoms with van der Waals surface area (Å²) >= 11 is 0. The number of pyridine rings is 3. The van der Waals surface area contributed by atoms with Crippen LogP contribution in [0.3, 0.4) is 0 Å². The zero-order valence-electron chi connectivity index (χ0n) is 15.6. The zero-order chi connectivity index (χ0) is 20.1. The van der Waals surface area contributed by atoms with Gasteiger partial charge in [0, 0.05) is 41.8 Å². The SMILES string of the molecule is [C-]#[N+]c1ccc(CCCNc2nccc(-c3ccc4ncccc4c3)c2F)nc1. The topological polar surface area (TPSA) is 55.1 Å². The van der Waals surface area contributed by atoms with E-state index in [2.05, 4.69) is 25.1 Å². The molecule has 0 amide bonds. The summed E-state index contributed by atoms with van der Waals surface area (Å²) in [4.78, 5) is 16.0. The van der Waals surface area contributed by atoms with Gasteiger partial charge in [-0.15, -0.1) is 0 Å². The van der Waals surface area contributed by atoms with E-state index < -0.39 is 0 Å². The Balaban J connectivity index is 1.44. The van der Waals surface area contributed by atoms with Crippen molar-refractivity contribution in [1.82, 2.24) is 15.0 Å². The fourth-order valence-corrected chi connectivity index (χ4v) is 3.14. The molecule has 1 aromatic carbocycles. The highest BCUT2D eigenvalue weighted by Gasteiger charge is 2.11. The molecule has 0 aliphatic rings. The molecule has 6 heteroatoms. The van der Waals surface area contributed by atoms with Crippen molar-refractivity contribution >= 4 is 22.4 Å². The van der Waals surface area contributed by atoms with E-state index in [9.17, 15) is 0 Å². The van der Waals surface area contributed by atoms with Gasteiger partial charge in [0.25, 0.3) is 0 Å². The van der Waals surface area contributed by atoms with Crippen molar-refractivity contribution in [3.8, 4) is 11.1 Å². The van der Waals surface area contributed by atoms with E-state index in [1.165, 1.54) is 0 Å². The molecular formula is C23H18FN5. The highest BCUT2D eigenvalue weighted by molar-refractivity contribution is 5.84. The average molecular weight is 383 g/mol. The molecule has 0 saturated carbocycles. The molecule has 3 heterocycles. The lowest BCUT2D eigenvalue weighted by atomic mass is 10.0. The maximum Gasteiger partial charge on any atom is 0.205 e. The molecule has 4 aromatic rings. The van der Waals surface area contributed by atoms with Gasteiger partial charge in [-0.2, -0.15) is 0 Å². The second kappa shape index (κ2) is 8.44. The molecule has 29 heavy (non-hydrogen) atoms. The molecule has 5 nitrogen and oxygen atoms in total. The minimum atomic E-state index is -0.365. The number of aromatic nitrogens is 3. The van der Waals surface area contributed by atoms with Gasteiger partial charge in [-0.05, 0) is 42.7 Å². The highest BCUT2D eigenvalue weighted by Crippen LogP contribution is 2.28. The lowest BCUT2D eigenvalue weighted by Crippen LogP contribution is -2.07. The molecule has 142 valence electrons. The number of benzene rings is 1. The Bertz CT molecular complexity index is 1180. The van der Waals surface area contributed by atoms with Crippen molar-refractivity contribution in [3.05, 3.63) is 90.0 Å². The largest absolute Gasteiger partial charge is 0.368 e. The summed E-state index contributed by atoms with van der Waals surface area (Å²) in [6.07, 6.45) is 6.44. The summed E-state index contributed by atoms with van der Waals surface area (Å²) in [5.41, 5.74) is 3.61. The number of hydrogen-bond acceptors (Lipinski definition) is 4. The average Bonchev–Trinajstić information content (AvgIpc) is 2.78. The first-order valence-electron chi connectivity index (χ1n) is 9.30. The van der Waals surface area contributed by atoms with Crippen molar-refractivity contribution < 1.29 is 4.39 Å². The first-order valence-corrected chi connectivity index (χ1v) is 9.30. The van der Waals surface area contributed by atoms with Gasteiger partial charge in [0.1, 0.15) is 0 Å². The molecule has 0 unspecified atom stereocenters. The maximum absolute atomic E-state index is 15.0. The van der Waals surface area contributed by atoms with Crippen LogP contribution in [0.5, 0.6) is 0 Å². The number of halogens is 1. The van der Waals surface area contributed by atoms with E-state index in [1.54, 1.807) is 30.7 Å². The molecule has 0 saturated heterocycles. The molecule has 0 radical (unpaired) electrons. The van der Waals surface area contributed by atoms with Crippen LogP contribution in [-0.2, 0) is 6.42 Å². The Morgan fingerprint density at radius 3 is 2.76 bits per heavy atom. The molecule has 0 aliphatic carbocycles. The van der Waals surface area contributed by atoms with Gasteiger partial charge in [-0.25, -0.2) is 14.2 Å². The highest BCUT2D eigenvalue weighted by atomic mass is 19.1. The van der Waals surface area contributed by atoms with Crippen LogP contribution in [0.25, 0.3) is 26.9 Å². The summed E-state index contributed by atoms with van der Waals surface area (Å²) < 4.78 is 15.0. The normalized spacial score (nSPS) is 10.6. The second-order valence-corrected chi connectivity index (χ2v) is 6.58. The summed E-state index contributed by atoms with van der Waals surface area (Å²) in [6, 6.07) is 14.8. The van der Waals surface area contributed by atoms with Gasteiger partial charge >= 0.3 is 0 Å². The number of anilines is 1. The third-order valence-corrected chi connectivity index (χ3v) is 4.64. The standard InChI is InChI=1S/C23H18FN5/c1-25-19-8-7-18(29-15-19)5-3-12-27-23-22(24)20(10-13-28-23)16-6-9-21-17(14-16)4-2-11-26-21/h2,4,6-11,13-15H,3,5,12H2,(H,27,28). The Kier molecular flexibility index (Phi) is 5.39. The lowest BCUT2D eigenvalue weighted by Gasteiger charge is -2.10. The van der Waals surface area contributed by atoms with Gasteiger partial charge in [0.2, 0.25) is 5.69 Å². The van der Waals surface area contributed by atoms with Crippen LogP contribution in [0.1, 0.15) is 12.1 Å². The van der Waals surface area contributed by atoms with Gasteiger partial charge in [-0.3, -0.25) is 9.97 Å². The van der Waals surface area contributed by atoms with Gasteiger partial charge in [0.05, 0.1) is 12.1 Å². The van der Waals surface area contributed by atoms with E-state index in [0.29, 0.717) is 17.8 Å². The number of nitrogens with zero attached hydrogens (tertiary/aromatic N) is 4. The predicted molar refractivity (Wildman–Crippen MR) is 112 cm³/mol. The fourth-order valence-electron chi connectivity index (χ4n) is 3.14. The van der Waals surface area contributed by atoms with Crippen LogP contribution in [-0.4, -0.2) is 21.5 Å². The molecular weight excluding hydrogens is 365 g/mol. The van der Waals surface area contributed by atoms with Crippen LogP contribution in [0.2, 0.25) is 0 Å². The van der Waals surface area contributed by atoms with Crippen molar-refractivity contribution in [2.24, 2.45) is 0 Å². The predicted octanol–water partition coefficient (Wildman–Crippen LogP) is 5.43. The smallest absolute Gasteiger partial charge is 0.205 e. The Hall–Kier alpha value is -3.85. The van der Waals surface area contributed by atoms with Crippen molar-refractivity contribution in [2.75, 3.05) is 11.9 Å². The van der Waals surface area contributed by atoms with Gasteiger partial charge in [-0.1, -0.05) is 24.3 Å². The summed E-state index contributed by atoms with van der Waals surface area (Å²) in [5.74, 6) is -0.125. The zero-order valence-corrected chi connectivity index (χ0v) is 15.6. The number of rotatable bonds is 6. The van der Waals surface area contributed by atoms with E-state index in [0.717, 1.165) is 35.0 Å².